The second-order valence-electron chi connectivity index (χ2n) is 3.95. The van der Waals surface area contributed by atoms with Crippen LogP contribution in [0, 0.1) is 0 Å². The molecule has 5 N–H and O–H groups in total. The van der Waals surface area contributed by atoms with Crippen molar-refractivity contribution in [2.75, 3.05) is 4.72 Å². The number of anilines is 1. The number of nitrogens with one attached hydrogen (secondary N) is 1. The van der Waals surface area contributed by atoms with E-state index in [1.165, 1.54) is 12.1 Å². The summed E-state index contributed by atoms with van der Waals surface area (Å²) < 4.78 is 26.8. The van der Waals surface area contributed by atoms with E-state index in [0.29, 0.717) is 11.3 Å². The molecule has 0 atom stereocenters. The first-order valence-corrected chi connectivity index (χ1v) is 7.03. The molecule has 0 saturated heterocycles. The van der Waals surface area contributed by atoms with Crippen molar-refractivity contribution in [3.63, 3.8) is 0 Å². The lowest BCUT2D eigenvalue weighted by atomic mass is 10.2. The monoisotopic (exact) mass is 311 g/mol. The maximum atomic E-state index is 12.2. The number of benzene rings is 2. The Balaban J connectivity index is 0.00000200. The number of rotatable bonds is 4. The number of hydrogen-bond donors (Lipinski definition) is 3. The molecule has 106 valence electrons. The molecule has 0 radical (unpaired) electrons. The predicted octanol–water partition coefficient (Wildman–Crippen LogP) is -3.04. The van der Waals surface area contributed by atoms with Crippen LogP contribution in [-0.4, -0.2) is 14.3 Å². The summed E-state index contributed by atoms with van der Waals surface area (Å²) in [7, 11) is -3.64. The molecule has 0 aliphatic carbocycles. The number of nitrogens with two attached hydrogens (primary N) is 2. The average Bonchev–Trinajstić information content (AvgIpc) is 2.39. The largest absolute Gasteiger partial charge is 1.00 e. The van der Waals surface area contributed by atoms with Gasteiger partial charge in [-0.2, -0.15) is 0 Å². The Morgan fingerprint density at radius 3 is 2.30 bits per heavy atom. The Labute approximate surface area is 123 Å². The molecular formula is C13H14ClN3O2S. The molecule has 0 unspecified atom stereocenters. The molecule has 20 heavy (non-hydrogen) atoms. The van der Waals surface area contributed by atoms with Crippen LogP contribution < -0.4 is 28.3 Å². The minimum atomic E-state index is -3.64. The van der Waals surface area contributed by atoms with Crippen LogP contribution in [0.25, 0.3) is 0 Å². The zero-order valence-electron chi connectivity index (χ0n) is 10.5. The molecule has 2 rings (SSSR count). The summed E-state index contributed by atoms with van der Waals surface area (Å²) in [5, 5.41) is 5.46. The summed E-state index contributed by atoms with van der Waals surface area (Å²) in [5.74, 6) is 0.0803. The van der Waals surface area contributed by atoms with Gasteiger partial charge >= 0.3 is 0 Å². The van der Waals surface area contributed by atoms with Crippen LogP contribution in [0.15, 0.2) is 59.5 Å². The van der Waals surface area contributed by atoms with Crippen molar-refractivity contribution in [3.05, 3.63) is 60.2 Å². The van der Waals surface area contributed by atoms with Gasteiger partial charge in [-0.15, -0.1) is 0 Å². The normalized spacial score (nSPS) is 10.4. The summed E-state index contributed by atoms with van der Waals surface area (Å²) in [4.78, 5) is 0.113. The van der Waals surface area contributed by atoms with Crippen LogP contribution in [0.3, 0.4) is 0 Å². The van der Waals surface area contributed by atoms with Gasteiger partial charge < -0.3 is 12.4 Å². The third kappa shape index (κ3) is 3.72. The summed E-state index contributed by atoms with van der Waals surface area (Å²) in [6.07, 6.45) is 0. The minimum absolute atomic E-state index is 0. The number of sulfonamides is 1. The molecule has 0 amide bonds. The maximum absolute atomic E-state index is 12.2. The van der Waals surface area contributed by atoms with E-state index < -0.39 is 10.0 Å². The molecule has 0 aromatic heterocycles. The summed E-state index contributed by atoms with van der Waals surface area (Å²) in [6.45, 7) is 0. The van der Waals surface area contributed by atoms with Gasteiger partial charge in [-0.3, -0.25) is 15.9 Å². The number of hydrogen-bond acceptors (Lipinski definition) is 2. The van der Waals surface area contributed by atoms with Gasteiger partial charge in [0.25, 0.3) is 15.9 Å². The third-order valence-corrected chi connectivity index (χ3v) is 3.88. The predicted molar refractivity (Wildman–Crippen MR) is 73.9 cm³/mol. The smallest absolute Gasteiger partial charge is 0.270 e. The highest BCUT2D eigenvalue weighted by Crippen LogP contribution is 2.16. The molecule has 2 aromatic rings. The first-order valence-electron chi connectivity index (χ1n) is 5.55. The fourth-order valence-electron chi connectivity index (χ4n) is 1.56. The van der Waals surface area contributed by atoms with Gasteiger partial charge in [-0.1, -0.05) is 24.3 Å². The first-order chi connectivity index (χ1) is 8.99. The van der Waals surface area contributed by atoms with Gasteiger partial charge in [0.2, 0.25) is 0 Å². The molecule has 0 bridgehead atoms. The van der Waals surface area contributed by atoms with Gasteiger partial charge in [0.05, 0.1) is 10.5 Å². The number of para-hydroxylation sites is 1. The van der Waals surface area contributed by atoms with Crippen molar-refractivity contribution in [1.29, 1.82) is 0 Å². The van der Waals surface area contributed by atoms with Gasteiger partial charge in [0, 0.05) is 5.69 Å². The highest BCUT2D eigenvalue weighted by Gasteiger charge is 2.15. The van der Waals surface area contributed by atoms with Crippen molar-refractivity contribution in [2.45, 2.75) is 4.90 Å². The Hall–Kier alpha value is -2.05. The Morgan fingerprint density at radius 1 is 1.05 bits per heavy atom. The van der Waals surface area contributed by atoms with Crippen molar-refractivity contribution < 1.29 is 26.2 Å². The highest BCUT2D eigenvalue weighted by atomic mass is 35.5. The molecule has 7 heteroatoms. The summed E-state index contributed by atoms with van der Waals surface area (Å²) in [6, 6.07) is 14.8. The maximum Gasteiger partial charge on any atom is 0.270 e. The molecule has 0 aliphatic rings. The Kier molecular flexibility index (Phi) is 5.12. The highest BCUT2D eigenvalue weighted by molar-refractivity contribution is 7.92. The molecule has 0 heterocycles. The van der Waals surface area contributed by atoms with E-state index in [0.717, 1.165) is 0 Å². The topological polar surface area (TPSA) is 97.8 Å². The van der Waals surface area contributed by atoms with E-state index in [-0.39, 0.29) is 23.1 Å². The van der Waals surface area contributed by atoms with Crippen molar-refractivity contribution >= 4 is 21.5 Å². The fourth-order valence-corrected chi connectivity index (χ4v) is 2.67. The molecule has 5 nitrogen and oxygen atoms in total. The van der Waals surface area contributed by atoms with E-state index >= 15 is 0 Å². The van der Waals surface area contributed by atoms with Crippen molar-refractivity contribution in [1.82, 2.24) is 0 Å². The minimum Gasteiger partial charge on any atom is -1.00 e. The van der Waals surface area contributed by atoms with Crippen LogP contribution in [-0.2, 0) is 10.0 Å². The average molecular weight is 312 g/mol. The SMILES string of the molecule is NC(=[NH2+])c1cccc(S(=O)(=O)Nc2ccccc2)c1.[Cl-]. The Morgan fingerprint density at radius 2 is 1.70 bits per heavy atom. The quantitative estimate of drug-likeness (QED) is 0.413. The first kappa shape index (κ1) is 16.0. The standard InChI is InChI=1S/C13H13N3O2S.ClH/c14-13(15)10-5-4-8-12(9-10)19(17,18)16-11-6-2-1-3-7-11;/h1-9,16H,(H3,14,15);1H. The van der Waals surface area contributed by atoms with E-state index in [9.17, 15) is 8.42 Å². The van der Waals surface area contributed by atoms with Crippen LogP contribution >= 0.6 is 0 Å². The lowest BCUT2D eigenvalue weighted by Crippen LogP contribution is -3.00. The van der Waals surface area contributed by atoms with E-state index in [1.54, 1.807) is 36.4 Å². The van der Waals surface area contributed by atoms with Crippen molar-refractivity contribution in [2.24, 2.45) is 5.73 Å². The molecule has 2 aromatic carbocycles. The van der Waals surface area contributed by atoms with Gasteiger partial charge in [0.15, 0.2) is 0 Å². The molecule has 0 spiro atoms. The van der Waals surface area contributed by atoms with Crippen molar-refractivity contribution in [3.8, 4) is 0 Å². The third-order valence-electron chi connectivity index (χ3n) is 2.50. The Bertz CT molecular complexity index is 703. The fraction of sp³-hybridized carbons (Fsp3) is 0. The number of amidine groups is 1. The van der Waals surface area contributed by atoms with Crippen LogP contribution in [0.4, 0.5) is 5.69 Å². The summed E-state index contributed by atoms with van der Waals surface area (Å²) >= 11 is 0. The zero-order chi connectivity index (χ0) is 13.9. The zero-order valence-corrected chi connectivity index (χ0v) is 12.0. The van der Waals surface area contributed by atoms with Crippen LogP contribution in [0.2, 0.25) is 0 Å². The second kappa shape index (κ2) is 6.40. The lowest BCUT2D eigenvalue weighted by Gasteiger charge is -2.08. The van der Waals surface area contributed by atoms with E-state index in [1.807, 2.05) is 6.07 Å². The van der Waals surface area contributed by atoms with E-state index in [2.05, 4.69) is 4.72 Å². The van der Waals surface area contributed by atoms with E-state index in [4.69, 9.17) is 11.1 Å². The summed E-state index contributed by atoms with van der Waals surface area (Å²) in [5.41, 5.74) is 6.44. The molecule has 0 aliphatic heterocycles. The second-order valence-corrected chi connectivity index (χ2v) is 5.64. The van der Waals surface area contributed by atoms with Gasteiger partial charge in [-0.05, 0) is 30.3 Å². The molecule has 0 fully saturated rings. The van der Waals surface area contributed by atoms with Gasteiger partial charge in [-0.25, -0.2) is 8.42 Å². The number of halogens is 1. The lowest BCUT2D eigenvalue weighted by molar-refractivity contribution is -0.114. The van der Waals surface area contributed by atoms with Crippen LogP contribution in [0.5, 0.6) is 0 Å². The van der Waals surface area contributed by atoms with Crippen LogP contribution in [0.1, 0.15) is 5.56 Å². The molecular weight excluding hydrogens is 298 g/mol. The van der Waals surface area contributed by atoms with Gasteiger partial charge in [0.1, 0.15) is 0 Å². The molecule has 0 saturated carbocycles.